The van der Waals surface area contributed by atoms with E-state index in [-0.39, 0.29) is 60.7 Å². The van der Waals surface area contributed by atoms with Gasteiger partial charge in [-0.3, -0.25) is 19.2 Å². The number of nitrogens with zero attached hydrogens (tertiary/aromatic N) is 1. The number of amides is 1. The lowest BCUT2D eigenvalue weighted by atomic mass is 9.78. The first kappa shape index (κ1) is 62.4. The van der Waals surface area contributed by atoms with Crippen molar-refractivity contribution in [2.45, 2.75) is 225 Å². The van der Waals surface area contributed by atoms with Crippen LogP contribution in [-0.4, -0.2) is 135 Å². The first-order valence-electron chi connectivity index (χ1n) is 27.8. The molecule has 3 heterocycles. The summed E-state index contributed by atoms with van der Waals surface area (Å²) >= 11 is 0. The lowest BCUT2D eigenvalue weighted by molar-refractivity contribution is -0.265. The molecule has 0 spiro atoms. The highest BCUT2D eigenvalue weighted by molar-refractivity contribution is 6.73. The third-order valence-corrected chi connectivity index (χ3v) is 21.7. The summed E-state index contributed by atoms with van der Waals surface area (Å²) < 4.78 is 37.4. The van der Waals surface area contributed by atoms with Crippen molar-refractivity contribution in [2.24, 2.45) is 35.5 Å². The van der Waals surface area contributed by atoms with Crippen molar-refractivity contribution in [1.82, 2.24) is 4.90 Å². The largest absolute Gasteiger partial charge is 0.460 e. The summed E-state index contributed by atoms with van der Waals surface area (Å²) in [5, 5.41) is 22.6. The van der Waals surface area contributed by atoms with E-state index in [9.17, 15) is 34.2 Å². The zero-order chi connectivity index (χ0) is 54.2. The molecule has 2 saturated heterocycles. The van der Waals surface area contributed by atoms with Gasteiger partial charge in [0.05, 0.1) is 30.5 Å². The quantitative estimate of drug-likeness (QED) is 0.113. The van der Waals surface area contributed by atoms with Gasteiger partial charge in [-0.2, -0.15) is 0 Å². The van der Waals surface area contributed by atoms with Crippen molar-refractivity contribution >= 4 is 37.5 Å². The number of hydrogen-bond donors (Lipinski definition) is 2. The number of carbonyl (C=O) groups is 5. The molecule has 2 unspecified atom stereocenters. The van der Waals surface area contributed by atoms with Crippen LogP contribution in [0.4, 0.5) is 0 Å². The number of piperidine rings is 1. The predicted molar refractivity (Wildman–Crippen MR) is 286 cm³/mol. The Balaban J connectivity index is 1.78. The van der Waals surface area contributed by atoms with Crippen molar-refractivity contribution in [3.05, 3.63) is 47.6 Å². The number of aliphatic hydroxyl groups excluding tert-OH is 1. The number of allylic oxidation sites excluding steroid dienone is 6. The number of hydrogen-bond acceptors (Lipinski definition) is 13. The number of ketones is 3. The van der Waals surface area contributed by atoms with Crippen LogP contribution in [0.25, 0.3) is 0 Å². The van der Waals surface area contributed by atoms with E-state index >= 15 is 0 Å². The van der Waals surface area contributed by atoms with Crippen molar-refractivity contribution in [1.29, 1.82) is 0 Å². The summed E-state index contributed by atoms with van der Waals surface area (Å²) in [4.78, 5) is 73.7. The summed E-state index contributed by atoms with van der Waals surface area (Å²) in [5.74, 6) is -6.99. The van der Waals surface area contributed by atoms with Gasteiger partial charge < -0.3 is 43.2 Å². The topological polar surface area (TPSA) is 184 Å². The van der Waals surface area contributed by atoms with E-state index in [0.29, 0.717) is 63.4 Å². The molecule has 14 nitrogen and oxygen atoms in total. The highest BCUT2D eigenvalue weighted by Gasteiger charge is 2.53. The minimum atomic E-state index is -2.42. The maximum absolute atomic E-state index is 14.6. The molecule has 2 N–H and O–H groups in total. The summed E-state index contributed by atoms with van der Waals surface area (Å²) in [6.45, 7) is 19.9. The monoisotopic (exact) mass is 1040 g/mol. The molecule has 2 bridgehead atoms. The average molecular weight is 1040 g/mol. The van der Waals surface area contributed by atoms with Crippen molar-refractivity contribution in [3.8, 4) is 0 Å². The smallest absolute Gasteiger partial charge is 0.329 e. The second-order valence-electron chi connectivity index (χ2n) is 22.3. The van der Waals surface area contributed by atoms with E-state index < -0.39 is 86.3 Å². The number of aliphatic hydroxyl groups is 2. The Morgan fingerprint density at radius 1 is 0.836 bits per heavy atom. The maximum Gasteiger partial charge on any atom is 0.329 e. The summed E-state index contributed by atoms with van der Waals surface area (Å²) in [7, 11) is 2.42. The van der Waals surface area contributed by atoms with Crippen LogP contribution >= 0.6 is 0 Å². The number of cyclic esters (lactones) is 1. The summed E-state index contributed by atoms with van der Waals surface area (Å²) in [5.41, 5.74) is 1.35. The van der Waals surface area contributed by atoms with Crippen LogP contribution in [0.15, 0.2) is 47.6 Å². The molecule has 3 fully saturated rings. The molecule has 414 valence electrons. The molecule has 73 heavy (non-hydrogen) atoms. The van der Waals surface area contributed by atoms with Crippen molar-refractivity contribution < 1.29 is 62.3 Å². The van der Waals surface area contributed by atoms with Gasteiger partial charge in [-0.25, -0.2) is 4.79 Å². The van der Waals surface area contributed by atoms with Gasteiger partial charge in [0.15, 0.2) is 19.9 Å². The SMILES string of the molecule is CC[Si](CC)(CC)OC1C(C)/C=C(/C)C(=O)C[C@@H]([C@H](C)C[C@@H]2CC[C@@H](O)[C@H](OC)C2)OC(=O)[C@@H]2CCCCN2C(=O)C(=O)[C@]2(O)O[C@@H](CC[C@H]2C)C[C@H](OC)C(C)=CC=CC=C[C@@H](C)CC[C@@H](C)C(=O)[C@@H]1OC. The summed E-state index contributed by atoms with van der Waals surface area (Å²) in [6, 6.07) is 1.43. The average Bonchev–Trinajstić information content (AvgIpc) is 3.38. The molecule has 4 rings (SSSR count). The lowest BCUT2D eigenvalue weighted by Gasteiger charge is -2.42. The van der Waals surface area contributed by atoms with Crippen molar-refractivity contribution in [2.75, 3.05) is 27.9 Å². The third-order valence-electron chi connectivity index (χ3n) is 17.1. The maximum atomic E-state index is 14.6. The van der Waals surface area contributed by atoms with E-state index in [1.54, 1.807) is 35.2 Å². The molecule has 0 aromatic heterocycles. The Morgan fingerprint density at radius 2 is 1.53 bits per heavy atom. The number of Topliss-reactive ketones (excluding diaryl/α,β-unsaturated/α-hetero) is 3. The minimum Gasteiger partial charge on any atom is -0.460 e. The highest BCUT2D eigenvalue weighted by atomic mass is 28.4. The molecule has 15 atom stereocenters. The van der Waals surface area contributed by atoms with Crippen LogP contribution in [0, 0.1) is 35.5 Å². The molecular formula is C58H95NO13Si. The number of carbonyl (C=O) groups excluding carboxylic acids is 5. The zero-order valence-corrected chi connectivity index (χ0v) is 47.9. The number of rotatable bonds is 11. The van der Waals surface area contributed by atoms with Crippen LogP contribution in [0.5, 0.6) is 0 Å². The molecule has 15 heteroatoms. The minimum absolute atomic E-state index is 0.0338. The first-order valence-corrected chi connectivity index (χ1v) is 30.3. The molecule has 4 aliphatic rings. The van der Waals surface area contributed by atoms with Gasteiger partial charge in [0.25, 0.3) is 11.7 Å². The molecule has 0 radical (unpaired) electrons. The van der Waals surface area contributed by atoms with E-state index in [4.69, 9.17) is 28.1 Å². The van der Waals surface area contributed by atoms with Gasteiger partial charge in [-0.1, -0.05) is 91.8 Å². The van der Waals surface area contributed by atoms with Gasteiger partial charge in [-0.05, 0) is 132 Å². The van der Waals surface area contributed by atoms with Crippen LogP contribution in [-0.2, 0) is 52.1 Å². The number of methoxy groups -OCH3 is 3. The normalized spacial score (nSPS) is 36.1. The van der Waals surface area contributed by atoms with Gasteiger partial charge in [0, 0.05) is 58.5 Å². The number of esters is 1. The Kier molecular flexibility index (Phi) is 25.1. The molecule has 0 aromatic rings. The Labute approximate surface area is 439 Å². The van der Waals surface area contributed by atoms with Crippen LogP contribution < -0.4 is 0 Å². The van der Waals surface area contributed by atoms with Crippen LogP contribution in [0.2, 0.25) is 18.1 Å². The van der Waals surface area contributed by atoms with E-state index in [1.165, 1.54) is 4.90 Å². The van der Waals surface area contributed by atoms with Crippen LogP contribution in [0.1, 0.15) is 153 Å². The molecule has 1 aliphatic carbocycles. The zero-order valence-electron chi connectivity index (χ0n) is 46.9. The predicted octanol–water partition coefficient (Wildman–Crippen LogP) is 9.60. The fourth-order valence-corrected chi connectivity index (χ4v) is 14.5. The molecule has 1 amide bonds. The highest BCUT2D eigenvalue weighted by Crippen LogP contribution is 2.38. The van der Waals surface area contributed by atoms with E-state index in [1.807, 2.05) is 58.1 Å². The summed E-state index contributed by atoms with van der Waals surface area (Å²) in [6.07, 6.45) is 13.9. The third kappa shape index (κ3) is 16.7. The van der Waals surface area contributed by atoms with Gasteiger partial charge in [-0.15, -0.1) is 0 Å². The lowest BCUT2D eigenvalue weighted by Crippen LogP contribution is -2.61. The molecule has 3 aliphatic heterocycles. The fraction of sp³-hybridized carbons (Fsp3) is 0.776. The van der Waals surface area contributed by atoms with Crippen LogP contribution in [0.3, 0.4) is 0 Å². The Morgan fingerprint density at radius 3 is 2.18 bits per heavy atom. The second-order valence-corrected chi connectivity index (χ2v) is 27.0. The second kappa shape index (κ2) is 29.4. The van der Waals surface area contributed by atoms with E-state index in [2.05, 4.69) is 33.8 Å². The number of fused-ring (bicyclic) bond motifs is 3. The fourth-order valence-electron chi connectivity index (χ4n) is 11.6. The van der Waals surface area contributed by atoms with Crippen molar-refractivity contribution in [3.63, 3.8) is 0 Å². The van der Waals surface area contributed by atoms with E-state index in [0.717, 1.165) is 36.5 Å². The van der Waals surface area contributed by atoms with Gasteiger partial charge >= 0.3 is 5.97 Å². The standard InChI is InChI=1S/C58H95NO13Si/c1-14-73(15-2,16-3)72-53-42(9)32-40(7)48(61)36-50(41(8)33-44-28-30-47(60)51(34-44)68-12)70-57(65)46-24-20-21-31-59(46)56(64)55(63)58(66)43(10)27-29-45(71-58)35-49(67-11)38(5)23-19-17-18-22-37(4)25-26-39(6)52(62)54(53)69-13/h17-19,22-23,32,37,39,41-47,49-51,53-54,60,66H,14-16,20-21,24-31,33-36H2,1-13H3/b19-17?,22-18?,38-23?,40-32-/t37-,39-,41-,42?,43-,44+,45+,46+,47-,49+,50+,51-,53?,54+,58-/m1/s1. The van der Waals surface area contributed by atoms with Gasteiger partial charge in [0.1, 0.15) is 18.2 Å². The molecular weight excluding hydrogens is 947 g/mol. The molecule has 1 saturated carbocycles. The molecule has 0 aromatic carbocycles. The first-order chi connectivity index (χ1) is 34.6. The number of ether oxygens (including phenoxy) is 5. The Hall–Kier alpha value is -3.15. The van der Waals surface area contributed by atoms with Gasteiger partial charge in [0.2, 0.25) is 5.79 Å². The Bertz CT molecular complexity index is 1940.